The molecule has 0 unspecified atom stereocenters. The van der Waals surface area contributed by atoms with Crippen molar-refractivity contribution in [3.63, 3.8) is 0 Å². The van der Waals surface area contributed by atoms with Crippen LogP contribution in [-0.4, -0.2) is 26.4 Å². The van der Waals surface area contributed by atoms with Gasteiger partial charge in [-0.1, -0.05) is 51.5 Å². The molecule has 0 amide bonds. The van der Waals surface area contributed by atoms with E-state index in [4.69, 9.17) is 9.47 Å². The molecule has 8 heteroatoms. The molecule has 2 aromatic heterocycles. The lowest BCUT2D eigenvalue weighted by Crippen LogP contribution is -2.21. The molecule has 5 rings (SSSR count). The van der Waals surface area contributed by atoms with Crippen LogP contribution in [0.3, 0.4) is 0 Å². The molecule has 0 saturated carbocycles. The number of aromatic nitrogens is 4. The number of rotatable bonds is 2. The molecule has 3 heterocycles. The van der Waals surface area contributed by atoms with Crippen LogP contribution in [0.2, 0.25) is 0 Å². The Kier molecular flexibility index (Phi) is 3.46. The zero-order valence-electron chi connectivity index (χ0n) is 12.8. The molecule has 0 spiro atoms. The first-order chi connectivity index (χ1) is 12.3. The third-order valence-corrected chi connectivity index (χ3v) is 5.59. The van der Waals surface area contributed by atoms with Gasteiger partial charge in [-0.2, -0.15) is 9.61 Å². The van der Waals surface area contributed by atoms with Crippen LogP contribution in [0.5, 0.6) is 11.5 Å². The lowest BCUT2D eigenvalue weighted by Gasteiger charge is -2.24. The summed E-state index contributed by atoms with van der Waals surface area (Å²) in [5, 5.41) is 14.0. The Bertz CT molecular complexity index is 1080. The van der Waals surface area contributed by atoms with E-state index in [1.54, 1.807) is 4.52 Å². The quantitative estimate of drug-likeness (QED) is 0.493. The first kappa shape index (κ1) is 14.9. The first-order valence-corrected chi connectivity index (χ1v) is 9.26. The summed E-state index contributed by atoms with van der Waals surface area (Å²) in [5.74, 6) is 2.19. The van der Waals surface area contributed by atoms with Crippen LogP contribution in [0.15, 0.2) is 53.0 Å². The second-order valence-corrected chi connectivity index (χ2v) is 7.34. The summed E-state index contributed by atoms with van der Waals surface area (Å²) in [7, 11) is 0. The Hall–Kier alpha value is -2.45. The fourth-order valence-corrected chi connectivity index (χ4v) is 4.03. The highest BCUT2D eigenvalue weighted by atomic mass is 79.9. The van der Waals surface area contributed by atoms with Gasteiger partial charge >= 0.3 is 0 Å². The monoisotopic (exact) mass is 414 g/mol. The van der Waals surface area contributed by atoms with E-state index >= 15 is 0 Å². The standard InChI is InChI=1S/C17H11BrN4O2S/c18-11-6-2-1-5-10(11)15-19-20-17-22(15)21-16(25-17)14-9-23-12-7-3-4-8-13(12)24-14/h1-8,14H,9H2/t14-/m1/s1. The fourth-order valence-electron chi connectivity index (χ4n) is 2.71. The van der Waals surface area contributed by atoms with E-state index in [2.05, 4.69) is 31.2 Å². The van der Waals surface area contributed by atoms with E-state index < -0.39 is 0 Å². The van der Waals surface area contributed by atoms with Gasteiger partial charge in [0.2, 0.25) is 4.96 Å². The van der Waals surface area contributed by atoms with Crippen LogP contribution in [0.1, 0.15) is 11.1 Å². The van der Waals surface area contributed by atoms with E-state index in [1.807, 2.05) is 48.5 Å². The molecule has 0 radical (unpaired) electrons. The van der Waals surface area contributed by atoms with Crippen molar-refractivity contribution in [2.24, 2.45) is 0 Å². The number of hydrogen-bond donors (Lipinski definition) is 0. The fraction of sp³-hybridized carbons (Fsp3) is 0.118. The maximum Gasteiger partial charge on any atom is 0.235 e. The molecular weight excluding hydrogens is 404 g/mol. The van der Waals surface area contributed by atoms with Crippen LogP contribution >= 0.6 is 27.3 Å². The van der Waals surface area contributed by atoms with Gasteiger partial charge < -0.3 is 9.47 Å². The van der Waals surface area contributed by atoms with Crippen LogP contribution < -0.4 is 9.47 Å². The third kappa shape index (κ3) is 2.49. The summed E-state index contributed by atoms with van der Waals surface area (Å²) in [4.78, 5) is 0.725. The molecule has 0 N–H and O–H groups in total. The highest BCUT2D eigenvalue weighted by Crippen LogP contribution is 2.37. The Labute approximate surface area is 155 Å². The maximum atomic E-state index is 6.04. The summed E-state index contributed by atoms with van der Waals surface area (Å²) < 4.78 is 14.5. The number of halogens is 1. The molecule has 1 aliphatic heterocycles. The largest absolute Gasteiger partial charge is 0.485 e. The van der Waals surface area contributed by atoms with E-state index in [9.17, 15) is 0 Å². The van der Waals surface area contributed by atoms with Gasteiger partial charge in [-0.3, -0.25) is 0 Å². The van der Waals surface area contributed by atoms with Crippen molar-refractivity contribution in [1.82, 2.24) is 19.8 Å². The molecule has 25 heavy (non-hydrogen) atoms. The van der Waals surface area contributed by atoms with Crippen molar-refractivity contribution < 1.29 is 9.47 Å². The van der Waals surface area contributed by atoms with Crippen LogP contribution in [-0.2, 0) is 0 Å². The van der Waals surface area contributed by atoms with Crippen molar-refractivity contribution >= 4 is 32.2 Å². The predicted octanol–water partition coefficient (Wildman–Crippen LogP) is 4.13. The van der Waals surface area contributed by atoms with Gasteiger partial charge in [0.1, 0.15) is 6.61 Å². The SMILES string of the molecule is Brc1ccccc1-c1nnc2sc([C@H]3COc4ccccc4O3)nn12. The topological polar surface area (TPSA) is 61.5 Å². The van der Waals surface area contributed by atoms with Crippen LogP contribution in [0, 0.1) is 0 Å². The summed E-state index contributed by atoms with van der Waals surface area (Å²) >= 11 is 5.01. The third-order valence-electron chi connectivity index (χ3n) is 3.91. The molecule has 124 valence electrons. The normalized spacial score (nSPS) is 16.3. The Morgan fingerprint density at radius 3 is 2.72 bits per heavy atom. The highest BCUT2D eigenvalue weighted by Gasteiger charge is 2.27. The van der Waals surface area contributed by atoms with E-state index in [0.29, 0.717) is 12.4 Å². The maximum absolute atomic E-state index is 6.04. The molecule has 1 atom stereocenters. The molecule has 0 bridgehead atoms. The van der Waals surface area contributed by atoms with Gasteiger partial charge in [0.15, 0.2) is 28.4 Å². The minimum atomic E-state index is -0.256. The van der Waals surface area contributed by atoms with Crippen molar-refractivity contribution in [3.05, 3.63) is 58.0 Å². The average Bonchev–Trinajstić information content (AvgIpc) is 3.23. The molecular formula is C17H11BrN4O2S. The highest BCUT2D eigenvalue weighted by molar-refractivity contribution is 9.10. The van der Waals surface area contributed by atoms with Gasteiger partial charge in [0.05, 0.1) is 0 Å². The van der Waals surface area contributed by atoms with Crippen LogP contribution in [0.25, 0.3) is 16.3 Å². The number of ether oxygens (including phenoxy) is 2. The smallest absolute Gasteiger partial charge is 0.235 e. The Morgan fingerprint density at radius 2 is 1.84 bits per heavy atom. The second-order valence-electron chi connectivity index (χ2n) is 5.50. The van der Waals surface area contributed by atoms with Crippen molar-refractivity contribution in [3.8, 4) is 22.9 Å². The summed E-state index contributed by atoms with van der Waals surface area (Å²) in [6, 6.07) is 15.5. The summed E-state index contributed by atoms with van der Waals surface area (Å²) in [6.07, 6.45) is -0.256. The second kappa shape index (κ2) is 5.82. The lowest BCUT2D eigenvalue weighted by molar-refractivity contribution is 0.0904. The molecule has 1 aliphatic rings. The average molecular weight is 415 g/mol. The number of hydrogen-bond acceptors (Lipinski definition) is 6. The predicted molar refractivity (Wildman–Crippen MR) is 97.1 cm³/mol. The molecule has 0 aliphatic carbocycles. The molecule has 0 fully saturated rings. The van der Waals surface area contributed by atoms with E-state index in [0.717, 1.165) is 31.5 Å². The number of nitrogens with zero attached hydrogens (tertiary/aromatic N) is 4. The van der Waals surface area contributed by atoms with Gasteiger partial charge in [0.25, 0.3) is 0 Å². The molecule has 2 aromatic carbocycles. The lowest BCUT2D eigenvalue weighted by atomic mass is 10.2. The van der Waals surface area contributed by atoms with Gasteiger partial charge in [-0.05, 0) is 24.3 Å². The van der Waals surface area contributed by atoms with Crippen molar-refractivity contribution in [2.75, 3.05) is 6.61 Å². The minimum Gasteiger partial charge on any atom is -0.485 e. The zero-order valence-corrected chi connectivity index (χ0v) is 15.2. The van der Waals surface area contributed by atoms with Crippen molar-refractivity contribution in [1.29, 1.82) is 0 Å². The summed E-state index contributed by atoms with van der Waals surface area (Å²) in [6.45, 7) is 0.422. The first-order valence-electron chi connectivity index (χ1n) is 7.65. The molecule has 6 nitrogen and oxygen atoms in total. The zero-order chi connectivity index (χ0) is 16.8. The van der Waals surface area contributed by atoms with Gasteiger partial charge in [-0.25, -0.2) is 0 Å². The van der Waals surface area contributed by atoms with Gasteiger partial charge in [0, 0.05) is 10.0 Å². The van der Waals surface area contributed by atoms with Crippen molar-refractivity contribution in [2.45, 2.75) is 6.10 Å². The van der Waals surface area contributed by atoms with Crippen LogP contribution in [0.4, 0.5) is 0 Å². The van der Waals surface area contributed by atoms with E-state index in [1.165, 1.54) is 11.3 Å². The molecule has 4 aromatic rings. The van der Waals surface area contributed by atoms with Gasteiger partial charge in [-0.15, -0.1) is 10.2 Å². The Balaban J connectivity index is 1.53. The Morgan fingerprint density at radius 1 is 1.04 bits per heavy atom. The van der Waals surface area contributed by atoms with E-state index in [-0.39, 0.29) is 6.10 Å². The molecule has 0 saturated heterocycles. The summed E-state index contributed by atoms with van der Waals surface area (Å²) in [5.41, 5.74) is 0.943. The minimum absolute atomic E-state index is 0.256. The number of para-hydroxylation sites is 2. The number of fused-ring (bicyclic) bond motifs is 2. The number of benzene rings is 2.